The lowest BCUT2D eigenvalue weighted by Crippen LogP contribution is -2.35. The van der Waals surface area contributed by atoms with Gasteiger partial charge in [0.05, 0.1) is 6.54 Å². The Morgan fingerprint density at radius 2 is 1.88 bits per heavy atom. The highest BCUT2D eigenvalue weighted by Crippen LogP contribution is 2.22. The number of hydrogen-bond acceptors (Lipinski definition) is 3. The molecule has 0 saturated carbocycles. The maximum Gasteiger partial charge on any atom is 0.235 e. The van der Waals surface area contributed by atoms with Crippen LogP contribution in [0, 0.1) is 0 Å². The van der Waals surface area contributed by atoms with Crippen LogP contribution in [0.4, 0.5) is 0 Å². The molecule has 0 aliphatic heterocycles. The Morgan fingerprint density at radius 1 is 1.21 bits per heavy atom. The molecule has 130 valence electrons. The molecule has 0 radical (unpaired) electrons. The minimum absolute atomic E-state index is 0.104. The summed E-state index contributed by atoms with van der Waals surface area (Å²) in [5.74, 6) is 0.242. The maximum atomic E-state index is 12.4. The van der Waals surface area contributed by atoms with Gasteiger partial charge in [-0.05, 0) is 34.9 Å². The molecule has 0 saturated heterocycles. The highest BCUT2D eigenvalue weighted by molar-refractivity contribution is 7.85. The summed E-state index contributed by atoms with van der Waals surface area (Å²) in [5, 5.41) is 4.31. The van der Waals surface area contributed by atoms with Crippen LogP contribution >= 0.6 is 11.3 Å². The Morgan fingerprint density at radius 3 is 2.42 bits per heavy atom. The van der Waals surface area contributed by atoms with Crippen molar-refractivity contribution in [3.05, 3.63) is 57.8 Å². The normalized spacial score (nSPS) is 14.2. The van der Waals surface area contributed by atoms with Gasteiger partial charge in [-0.3, -0.25) is 9.00 Å². The summed E-state index contributed by atoms with van der Waals surface area (Å²) in [6, 6.07) is 12.1. The van der Waals surface area contributed by atoms with Crippen molar-refractivity contribution in [3.63, 3.8) is 0 Å². The molecule has 5 heteroatoms. The summed E-state index contributed by atoms with van der Waals surface area (Å²) >= 11 is 1.60. The molecule has 0 bridgehead atoms. The molecule has 24 heavy (non-hydrogen) atoms. The molecule has 3 nitrogen and oxygen atoms in total. The third-order valence-electron chi connectivity index (χ3n) is 3.91. The van der Waals surface area contributed by atoms with Crippen LogP contribution in [-0.4, -0.2) is 15.4 Å². The van der Waals surface area contributed by atoms with Gasteiger partial charge in [0.1, 0.15) is 5.25 Å². The molecular formula is C19H25NO2S2. The second-order valence-electron chi connectivity index (χ2n) is 6.91. The van der Waals surface area contributed by atoms with Gasteiger partial charge in [-0.15, -0.1) is 11.3 Å². The second kappa shape index (κ2) is 8.08. The van der Waals surface area contributed by atoms with Gasteiger partial charge in [-0.2, -0.15) is 0 Å². The summed E-state index contributed by atoms with van der Waals surface area (Å²) in [7, 11) is -1.23. The van der Waals surface area contributed by atoms with Crippen molar-refractivity contribution in [3.8, 4) is 0 Å². The van der Waals surface area contributed by atoms with E-state index >= 15 is 0 Å². The van der Waals surface area contributed by atoms with Crippen molar-refractivity contribution in [2.75, 3.05) is 0 Å². The zero-order valence-corrected chi connectivity index (χ0v) is 16.3. The largest absolute Gasteiger partial charge is 0.350 e. The van der Waals surface area contributed by atoms with Crippen LogP contribution in [-0.2, 0) is 33.3 Å². The number of benzene rings is 1. The number of hydrogen-bond donors (Lipinski definition) is 1. The van der Waals surface area contributed by atoms with Gasteiger partial charge in [0.25, 0.3) is 0 Å². The Balaban J connectivity index is 1.89. The molecule has 0 fully saturated rings. The molecule has 0 spiro atoms. The van der Waals surface area contributed by atoms with Crippen LogP contribution in [0.15, 0.2) is 41.8 Å². The fourth-order valence-corrected chi connectivity index (χ4v) is 3.98. The van der Waals surface area contributed by atoms with Gasteiger partial charge >= 0.3 is 0 Å². The summed E-state index contributed by atoms with van der Waals surface area (Å²) < 4.78 is 12.4. The van der Waals surface area contributed by atoms with Gasteiger partial charge in [-0.1, -0.05) is 51.1 Å². The van der Waals surface area contributed by atoms with E-state index < -0.39 is 16.0 Å². The SMILES string of the molecule is CC(C(=O)NCc1cccs1)S(=O)Cc1ccc(C(C)(C)C)cc1. The number of thiophene rings is 1. The maximum absolute atomic E-state index is 12.4. The number of nitrogens with one attached hydrogen (secondary N) is 1. The first-order valence-electron chi connectivity index (χ1n) is 8.04. The molecule has 2 rings (SSSR count). The van der Waals surface area contributed by atoms with Gasteiger partial charge in [0, 0.05) is 21.4 Å². The molecule has 0 aliphatic carbocycles. The van der Waals surface area contributed by atoms with Gasteiger partial charge in [0.15, 0.2) is 0 Å². The van der Waals surface area contributed by atoms with Crippen LogP contribution in [0.3, 0.4) is 0 Å². The highest BCUT2D eigenvalue weighted by Gasteiger charge is 2.20. The first-order valence-corrected chi connectivity index (χ1v) is 10.3. The van der Waals surface area contributed by atoms with E-state index in [9.17, 15) is 9.00 Å². The standard InChI is InChI=1S/C19H25NO2S2/c1-14(18(21)20-12-17-6-5-11-23-17)24(22)13-15-7-9-16(10-8-15)19(2,3)4/h5-11,14H,12-13H2,1-4H3,(H,20,21). The van der Waals surface area contributed by atoms with E-state index in [0.29, 0.717) is 12.3 Å². The number of carbonyl (C=O) groups excluding carboxylic acids is 1. The Bertz CT molecular complexity index is 685. The van der Waals surface area contributed by atoms with Gasteiger partial charge in [-0.25, -0.2) is 0 Å². The van der Waals surface area contributed by atoms with Crippen LogP contribution in [0.25, 0.3) is 0 Å². The lowest BCUT2D eigenvalue weighted by Gasteiger charge is -2.19. The van der Waals surface area contributed by atoms with E-state index in [-0.39, 0.29) is 11.3 Å². The highest BCUT2D eigenvalue weighted by atomic mass is 32.2. The molecule has 1 N–H and O–H groups in total. The first-order chi connectivity index (χ1) is 11.3. The van der Waals surface area contributed by atoms with E-state index in [0.717, 1.165) is 10.4 Å². The van der Waals surface area contributed by atoms with Crippen LogP contribution in [0.2, 0.25) is 0 Å². The third-order valence-corrected chi connectivity index (χ3v) is 6.41. The van der Waals surface area contributed by atoms with Crippen molar-refractivity contribution >= 4 is 28.0 Å². The molecule has 1 amide bonds. The zero-order chi connectivity index (χ0) is 17.7. The summed E-state index contributed by atoms with van der Waals surface area (Å²) in [4.78, 5) is 13.3. The third kappa shape index (κ3) is 5.28. The quantitative estimate of drug-likeness (QED) is 0.843. The second-order valence-corrected chi connectivity index (χ2v) is 9.70. The van der Waals surface area contributed by atoms with Crippen molar-refractivity contribution in [1.82, 2.24) is 5.32 Å². The predicted octanol–water partition coefficient (Wildman–Crippen LogP) is 4.00. The zero-order valence-electron chi connectivity index (χ0n) is 14.7. The van der Waals surface area contributed by atoms with E-state index in [2.05, 4.69) is 38.2 Å². The molecule has 2 atom stereocenters. The van der Waals surface area contributed by atoms with Crippen LogP contribution in [0.5, 0.6) is 0 Å². The van der Waals surface area contributed by atoms with E-state index in [1.807, 2.05) is 29.6 Å². The van der Waals surface area contributed by atoms with E-state index in [1.54, 1.807) is 18.3 Å². The fraction of sp³-hybridized carbons (Fsp3) is 0.421. The fourth-order valence-electron chi connectivity index (χ4n) is 2.24. The van der Waals surface area contributed by atoms with Gasteiger partial charge in [0.2, 0.25) is 5.91 Å². The van der Waals surface area contributed by atoms with Crippen molar-refractivity contribution in [2.45, 2.75) is 50.7 Å². The number of amides is 1. The Labute approximate surface area is 150 Å². The molecule has 1 aromatic carbocycles. The minimum Gasteiger partial charge on any atom is -0.350 e. The van der Waals surface area contributed by atoms with E-state index in [1.165, 1.54) is 5.56 Å². The molecule has 1 heterocycles. The Hall–Kier alpha value is -1.46. The Kier molecular flexibility index (Phi) is 6.35. The summed E-state index contributed by atoms with van der Waals surface area (Å²) in [6.45, 7) is 8.72. The molecular weight excluding hydrogens is 338 g/mol. The summed E-state index contributed by atoms with van der Waals surface area (Å²) in [5.41, 5.74) is 2.35. The predicted molar refractivity (Wildman–Crippen MR) is 103 cm³/mol. The lowest BCUT2D eigenvalue weighted by molar-refractivity contribution is -0.120. The van der Waals surface area contributed by atoms with Crippen LogP contribution in [0.1, 0.15) is 43.7 Å². The molecule has 2 aromatic rings. The van der Waals surface area contributed by atoms with Crippen molar-refractivity contribution < 1.29 is 9.00 Å². The smallest absolute Gasteiger partial charge is 0.235 e. The lowest BCUT2D eigenvalue weighted by atomic mass is 9.87. The van der Waals surface area contributed by atoms with Crippen molar-refractivity contribution in [1.29, 1.82) is 0 Å². The number of carbonyl (C=O) groups is 1. The van der Waals surface area contributed by atoms with Crippen LogP contribution < -0.4 is 5.32 Å². The first kappa shape index (κ1) is 18.9. The van der Waals surface area contributed by atoms with Crippen molar-refractivity contribution in [2.24, 2.45) is 0 Å². The van der Waals surface area contributed by atoms with E-state index in [4.69, 9.17) is 0 Å². The molecule has 0 aliphatic rings. The minimum atomic E-state index is -1.23. The average molecular weight is 364 g/mol. The molecule has 2 unspecified atom stereocenters. The average Bonchev–Trinajstić information content (AvgIpc) is 3.05. The number of rotatable bonds is 6. The summed E-state index contributed by atoms with van der Waals surface area (Å²) in [6.07, 6.45) is 0. The topological polar surface area (TPSA) is 46.2 Å². The van der Waals surface area contributed by atoms with Gasteiger partial charge < -0.3 is 5.32 Å². The monoisotopic (exact) mass is 363 g/mol. The molecule has 1 aromatic heterocycles.